The molecule has 1 heterocycles. The van der Waals surface area contributed by atoms with Crippen LogP contribution in [0.4, 0.5) is 8.78 Å². The summed E-state index contributed by atoms with van der Waals surface area (Å²) in [4.78, 5) is 24.5. The zero-order valence-corrected chi connectivity index (χ0v) is 12.8. The van der Waals surface area contributed by atoms with Gasteiger partial charge in [-0.1, -0.05) is 18.2 Å². The highest BCUT2D eigenvalue weighted by Gasteiger charge is 2.19. The first-order chi connectivity index (χ1) is 11.5. The largest absolute Gasteiger partial charge is 0.462 e. The minimum absolute atomic E-state index is 0.0942. The Bertz CT molecular complexity index is 981. The summed E-state index contributed by atoms with van der Waals surface area (Å²) < 4.78 is 33.6. The second kappa shape index (κ2) is 6.23. The number of hydrogen-bond acceptors (Lipinski definition) is 3. The van der Waals surface area contributed by atoms with E-state index in [0.29, 0.717) is 5.69 Å². The predicted molar refractivity (Wildman–Crippen MR) is 85.4 cm³/mol. The van der Waals surface area contributed by atoms with E-state index >= 15 is 0 Å². The van der Waals surface area contributed by atoms with Crippen molar-refractivity contribution >= 4 is 16.9 Å². The second-order valence-electron chi connectivity index (χ2n) is 5.08. The zero-order valence-electron chi connectivity index (χ0n) is 12.8. The molecule has 0 radical (unpaired) electrons. The first-order valence-electron chi connectivity index (χ1n) is 7.30. The number of nitrogens with zero attached hydrogens (tertiary/aromatic N) is 1. The van der Waals surface area contributed by atoms with Crippen LogP contribution in [0.1, 0.15) is 17.3 Å². The summed E-state index contributed by atoms with van der Waals surface area (Å²) in [5.74, 6) is -3.03. The monoisotopic (exact) mass is 329 g/mol. The van der Waals surface area contributed by atoms with Crippen LogP contribution >= 0.6 is 0 Å². The number of ether oxygens (including phenoxy) is 1. The van der Waals surface area contributed by atoms with Crippen molar-refractivity contribution in [2.24, 2.45) is 0 Å². The van der Waals surface area contributed by atoms with Gasteiger partial charge < -0.3 is 9.30 Å². The molecule has 2 aromatic carbocycles. The Labute approximate surface area is 135 Å². The van der Waals surface area contributed by atoms with E-state index in [9.17, 15) is 18.4 Å². The molecule has 0 N–H and O–H groups in total. The summed E-state index contributed by atoms with van der Waals surface area (Å²) in [6.07, 6.45) is 1.29. The maximum Gasteiger partial charge on any atom is 0.343 e. The Kier molecular flexibility index (Phi) is 4.12. The molecular formula is C18H13F2NO3. The Morgan fingerprint density at radius 1 is 1.12 bits per heavy atom. The predicted octanol–water partition coefficient (Wildman–Crippen LogP) is 3.45. The first-order valence-corrected chi connectivity index (χ1v) is 7.30. The zero-order chi connectivity index (χ0) is 17.3. The van der Waals surface area contributed by atoms with Crippen LogP contribution in [-0.2, 0) is 4.74 Å². The van der Waals surface area contributed by atoms with Crippen LogP contribution in [0.5, 0.6) is 0 Å². The lowest BCUT2D eigenvalue weighted by Gasteiger charge is -2.13. The number of para-hydroxylation sites is 1. The maximum atomic E-state index is 13.7. The summed E-state index contributed by atoms with van der Waals surface area (Å²) in [5.41, 5.74) is -0.175. The van der Waals surface area contributed by atoms with Crippen LogP contribution in [0.3, 0.4) is 0 Å². The van der Waals surface area contributed by atoms with E-state index in [2.05, 4.69) is 0 Å². The van der Waals surface area contributed by atoms with Crippen molar-refractivity contribution in [3.8, 4) is 5.69 Å². The van der Waals surface area contributed by atoms with Gasteiger partial charge in [-0.05, 0) is 25.1 Å². The fourth-order valence-corrected chi connectivity index (χ4v) is 2.48. The van der Waals surface area contributed by atoms with Crippen LogP contribution in [0.2, 0.25) is 0 Å². The van der Waals surface area contributed by atoms with Crippen LogP contribution in [0, 0.1) is 11.6 Å². The van der Waals surface area contributed by atoms with E-state index in [-0.39, 0.29) is 23.1 Å². The van der Waals surface area contributed by atoms with E-state index in [4.69, 9.17) is 4.74 Å². The SMILES string of the molecule is CCOC(=O)c1cn(-c2ccccc2)c2cc(F)c(F)cc2c1=O. The minimum atomic E-state index is -1.15. The van der Waals surface area contributed by atoms with E-state index < -0.39 is 23.0 Å². The lowest BCUT2D eigenvalue weighted by molar-refractivity contribution is 0.0524. The van der Waals surface area contributed by atoms with Gasteiger partial charge in [0.05, 0.1) is 17.5 Å². The van der Waals surface area contributed by atoms with Crippen molar-refractivity contribution in [1.29, 1.82) is 0 Å². The molecule has 1 aromatic heterocycles. The first kappa shape index (κ1) is 15.9. The van der Waals surface area contributed by atoms with Gasteiger partial charge in [0.2, 0.25) is 5.43 Å². The van der Waals surface area contributed by atoms with Crippen LogP contribution in [0.25, 0.3) is 16.6 Å². The quantitative estimate of drug-likeness (QED) is 0.692. The molecule has 3 aromatic rings. The molecule has 0 fully saturated rings. The number of esters is 1. The van der Waals surface area contributed by atoms with Gasteiger partial charge in [0.1, 0.15) is 5.56 Å². The van der Waals surface area contributed by atoms with Gasteiger partial charge in [-0.3, -0.25) is 4.79 Å². The Hall–Kier alpha value is -3.02. The number of carbonyl (C=O) groups is 1. The Morgan fingerprint density at radius 3 is 2.46 bits per heavy atom. The summed E-state index contributed by atoms with van der Waals surface area (Å²) >= 11 is 0. The van der Waals surface area contributed by atoms with Gasteiger partial charge in [-0.2, -0.15) is 0 Å². The molecule has 0 saturated heterocycles. The molecule has 6 heteroatoms. The van der Waals surface area contributed by atoms with Gasteiger partial charge >= 0.3 is 5.97 Å². The average Bonchev–Trinajstić information content (AvgIpc) is 2.58. The van der Waals surface area contributed by atoms with Crippen LogP contribution in [-0.4, -0.2) is 17.1 Å². The van der Waals surface area contributed by atoms with Crippen molar-refractivity contribution in [3.05, 3.63) is 76.1 Å². The summed E-state index contributed by atoms with van der Waals surface area (Å²) in [7, 11) is 0. The van der Waals surface area contributed by atoms with Crippen molar-refractivity contribution in [2.45, 2.75) is 6.92 Å². The van der Waals surface area contributed by atoms with E-state index in [0.717, 1.165) is 12.1 Å². The third kappa shape index (κ3) is 2.67. The normalized spacial score (nSPS) is 10.8. The van der Waals surface area contributed by atoms with Crippen LogP contribution in [0.15, 0.2) is 53.5 Å². The highest BCUT2D eigenvalue weighted by Crippen LogP contribution is 2.21. The third-order valence-corrected chi connectivity index (χ3v) is 3.58. The lowest BCUT2D eigenvalue weighted by Crippen LogP contribution is -2.21. The van der Waals surface area contributed by atoms with Crippen molar-refractivity contribution in [3.63, 3.8) is 0 Å². The molecule has 0 saturated carbocycles. The molecule has 0 aliphatic carbocycles. The van der Waals surface area contributed by atoms with Crippen LogP contribution < -0.4 is 5.43 Å². The number of benzene rings is 2. The highest BCUT2D eigenvalue weighted by atomic mass is 19.2. The maximum absolute atomic E-state index is 13.7. The Balaban J connectivity index is 2.40. The van der Waals surface area contributed by atoms with Gasteiger partial charge in [0.25, 0.3) is 0 Å². The molecule has 0 atom stereocenters. The third-order valence-electron chi connectivity index (χ3n) is 3.58. The molecule has 0 spiro atoms. The number of rotatable bonds is 3. The average molecular weight is 329 g/mol. The summed E-state index contributed by atoms with van der Waals surface area (Å²) in [5, 5.41) is -0.0942. The standard InChI is InChI=1S/C18H13F2NO3/c1-2-24-18(23)13-10-21(11-6-4-3-5-7-11)16-9-15(20)14(19)8-12(16)17(13)22/h3-10H,2H2,1H3. The molecule has 0 aliphatic heterocycles. The second-order valence-corrected chi connectivity index (χ2v) is 5.08. The van der Waals surface area contributed by atoms with E-state index in [1.54, 1.807) is 37.3 Å². The topological polar surface area (TPSA) is 48.3 Å². The molecule has 3 rings (SSSR count). The molecule has 0 bridgehead atoms. The van der Waals surface area contributed by atoms with Crippen molar-refractivity contribution in [1.82, 2.24) is 4.57 Å². The Morgan fingerprint density at radius 2 is 1.79 bits per heavy atom. The van der Waals surface area contributed by atoms with Gasteiger partial charge in [0.15, 0.2) is 11.6 Å². The summed E-state index contributed by atoms with van der Waals surface area (Å²) in [6, 6.07) is 10.5. The molecular weight excluding hydrogens is 316 g/mol. The highest BCUT2D eigenvalue weighted by molar-refractivity contribution is 5.94. The van der Waals surface area contributed by atoms with E-state index in [1.165, 1.54) is 10.8 Å². The smallest absolute Gasteiger partial charge is 0.343 e. The molecule has 24 heavy (non-hydrogen) atoms. The number of hydrogen-bond donors (Lipinski definition) is 0. The fraction of sp³-hybridized carbons (Fsp3) is 0.111. The number of halogens is 2. The molecule has 0 aliphatic rings. The number of fused-ring (bicyclic) bond motifs is 1. The molecule has 4 nitrogen and oxygen atoms in total. The van der Waals surface area contributed by atoms with Crippen molar-refractivity contribution < 1.29 is 18.3 Å². The van der Waals surface area contributed by atoms with E-state index in [1.807, 2.05) is 0 Å². The van der Waals surface area contributed by atoms with Gasteiger partial charge in [0, 0.05) is 18.0 Å². The molecule has 122 valence electrons. The number of aromatic nitrogens is 1. The fourth-order valence-electron chi connectivity index (χ4n) is 2.48. The van der Waals surface area contributed by atoms with Gasteiger partial charge in [-0.25, -0.2) is 13.6 Å². The minimum Gasteiger partial charge on any atom is -0.462 e. The summed E-state index contributed by atoms with van der Waals surface area (Å²) in [6.45, 7) is 1.71. The number of pyridine rings is 1. The molecule has 0 amide bonds. The number of carbonyl (C=O) groups excluding carboxylic acids is 1. The van der Waals surface area contributed by atoms with Gasteiger partial charge in [-0.15, -0.1) is 0 Å². The lowest BCUT2D eigenvalue weighted by atomic mass is 10.1. The van der Waals surface area contributed by atoms with Crippen molar-refractivity contribution in [2.75, 3.05) is 6.61 Å². The molecule has 0 unspecified atom stereocenters.